The Hall–Kier alpha value is -4.46. The number of hydrogen-bond acceptors (Lipinski definition) is 11. The highest BCUT2D eigenvalue weighted by Crippen LogP contribution is 2.07. The minimum Gasteiger partial charge on any atom is -0.481 e. The Labute approximate surface area is 270 Å². The molecule has 46 heavy (non-hydrogen) atoms. The fourth-order valence-electron chi connectivity index (χ4n) is 3.68. The summed E-state index contributed by atoms with van der Waals surface area (Å²) in [5.41, 5.74) is 10.7. The Morgan fingerprint density at radius 1 is 0.609 bits per heavy atom. The van der Waals surface area contributed by atoms with Crippen molar-refractivity contribution in [3.05, 3.63) is 0 Å². The van der Waals surface area contributed by atoms with Crippen LogP contribution >= 0.6 is 12.6 Å². The van der Waals surface area contributed by atoms with Gasteiger partial charge < -0.3 is 53.6 Å². The highest BCUT2D eigenvalue weighted by Gasteiger charge is 2.33. The molecule has 6 atom stereocenters. The fraction of sp³-hybridized carbons (Fsp3) is 0.654. The normalized spacial score (nSPS) is 14.8. The van der Waals surface area contributed by atoms with Crippen molar-refractivity contribution >= 4 is 65.9 Å². The topological polar surface area (TPSA) is 318 Å². The number of thiol groups is 1. The third-order valence-corrected chi connectivity index (χ3v) is 6.61. The molecule has 0 aromatic rings. The largest absolute Gasteiger partial charge is 0.481 e. The fourth-order valence-corrected chi connectivity index (χ4v) is 3.94. The van der Waals surface area contributed by atoms with Crippen LogP contribution in [0.1, 0.15) is 47.5 Å². The molecule has 0 rings (SSSR count). The molecule has 0 aliphatic rings. The number of hydrogen-bond donors (Lipinski definition) is 11. The number of rotatable bonds is 20. The van der Waals surface area contributed by atoms with E-state index >= 15 is 0 Å². The Morgan fingerprint density at radius 2 is 1.09 bits per heavy atom. The third-order valence-electron chi connectivity index (χ3n) is 6.24. The molecule has 12 N–H and O–H groups in total. The summed E-state index contributed by atoms with van der Waals surface area (Å²) in [6.45, 7) is 6.82. The second kappa shape index (κ2) is 19.8. The SMILES string of the molecule is CC(C)[C@H](NC(=O)[C@H](CS)NC(=O)[C@H](C)NC(=O)[C@@H](NC(=O)[C@@H](N)CC(=O)O)C(C)C)C(=O)N[C@@H](CC(N)=O)C(=O)NCC(=O)O. The quantitative estimate of drug-likeness (QED) is 0.0544. The molecule has 0 fully saturated rings. The van der Waals surface area contributed by atoms with E-state index in [4.69, 9.17) is 21.7 Å². The van der Waals surface area contributed by atoms with Gasteiger partial charge in [0, 0.05) is 5.75 Å². The van der Waals surface area contributed by atoms with Crippen LogP contribution in [0.25, 0.3) is 0 Å². The molecule has 7 amide bonds. The maximum absolute atomic E-state index is 13.0. The average Bonchev–Trinajstić information content (AvgIpc) is 2.93. The van der Waals surface area contributed by atoms with Crippen molar-refractivity contribution in [3.63, 3.8) is 0 Å². The first-order valence-corrected chi connectivity index (χ1v) is 14.7. The molecular weight excluding hydrogens is 632 g/mol. The van der Waals surface area contributed by atoms with Crippen LogP contribution in [0.3, 0.4) is 0 Å². The van der Waals surface area contributed by atoms with Crippen molar-refractivity contribution in [1.82, 2.24) is 31.9 Å². The molecule has 0 unspecified atom stereocenters. The van der Waals surface area contributed by atoms with Gasteiger partial charge in [0.2, 0.25) is 41.4 Å². The van der Waals surface area contributed by atoms with Gasteiger partial charge in [-0.1, -0.05) is 27.7 Å². The lowest BCUT2D eigenvalue weighted by atomic mass is 10.0. The number of nitrogens with one attached hydrogen (secondary N) is 6. The molecule has 0 aromatic carbocycles. The number of nitrogens with two attached hydrogens (primary N) is 2. The zero-order chi connectivity index (χ0) is 35.9. The van der Waals surface area contributed by atoms with Crippen molar-refractivity contribution in [2.24, 2.45) is 23.3 Å². The van der Waals surface area contributed by atoms with Gasteiger partial charge in [0.1, 0.15) is 36.8 Å². The van der Waals surface area contributed by atoms with E-state index in [1.807, 2.05) is 5.32 Å². The molecule has 260 valence electrons. The van der Waals surface area contributed by atoms with E-state index in [-0.39, 0.29) is 5.75 Å². The Bertz CT molecular complexity index is 1170. The summed E-state index contributed by atoms with van der Waals surface area (Å²) in [5.74, 6) is -10.2. The average molecular weight is 677 g/mol. The van der Waals surface area contributed by atoms with Gasteiger partial charge >= 0.3 is 11.9 Å². The van der Waals surface area contributed by atoms with E-state index < -0.39 is 121 Å². The number of aliphatic carboxylic acids is 2. The zero-order valence-electron chi connectivity index (χ0n) is 26.1. The van der Waals surface area contributed by atoms with Gasteiger partial charge in [0.05, 0.1) is 18.9 Å². The molecule has 0 radical (unpaired) electrons. The molecule has 0 spiro atoms. The van der Waals surface area contributed by atoms with Crippen molar-refractivity contribution in [2.45, 2.75) is 83.7 Å². The lowest BCUT2D eigenvalue weighted by Gasteiger charge is -2.27. The van der Waals surface area contributed by atoms with Crippen LogP contribution in [0.2, 0.25) is 0 Å². The number of carboxylic acids is 2. The minimum absolute atomic E-state index is 0.251. The lowest BCUT2D eigenvalue weighted by molar-refractivity contribution is -0.140. The number of carboxylic acid groups (broad SMARTS) is 2. The second-order valence-electron chi connectivity index (χ2n) is 11.0. The van der Waals surface area contributed by atoms with Crippen molar-refractivity contribution in [2.75, 3.05) is 12.3 Å². The van der Waals surface area contributed by atoms with Crippen molar-refractivity contribution in [1.29, 1.82) is 0 Å². The van der Waals surface area contributed by atoms with Crippen LogP contribution in [0.4, 0.5) is 0 Å². The van der Waals surface area contributed by atoms with E-state index in [1.165, 1.54) is 6.92 Å². The summed E-state index contributed by atoms with van der Waals surface area (Å²) < 4.78 is 0. The van der Waals surface area contributed by atoms with Gasteiger partial charge in [-0.05, 0) is 18.8 Å². The van der Waals surface area contributed by atoms with E-state index in [0.29, 0.717) is 0 Å². The monoisotopic (exact) mass is 676 g/mol. The number of primary amides is 1. The van der Waals surface area contributed by atoms with Crippen LogP contribution < -0.4 is 43.4 Å². The van der Waals surface area contributed by atoms with Crippen LogP contribution in [0, 0.1) is 11.8 Å². The molecule has 0 aliphatic heterocycles. The molecule has 0 saturated heterocycles. The number of amides is 7. The standard InChI is InChI=1S/C26H44N8O11S/c1-10(2)19(33-22(41)13(27)6-17(36)37)25(44)30-12(5)21(40)32-15(9-46)24(43)34-20(11(3)4)26(45)31-14(7-16(28)35)23(42)29-8-18(38)39/h10-15,19-20,46H,6-9,27H2,1-5H3,(H2,28,35)(H,29,42)(H,30,44)(H,31,45)(H,32,40)(H,33,41)(H,34,43)(H,36,37)(H,38,39)/t12-,13-,14-,15-,19-,20-/m0/s1. The first-order chi connectivity index (χ1) is 21.2. The van der Waals surface area contributed by atoms with Crippen LogP contribution in [-0.2, 0) is 43.2 Å². The predicted molar refractivity (Wildman–Crippen MR) is 164 cm³/mol. The summed E-state index contributed by atoms with van der Waals surface area (Å²) in [4.78, 5) is 109. The number of carbonyl (C=O) groups excluding carboxylic acids is 7. The van der Waals surface area contributed by atoms with Gasteiger partial charge in [0.25, 0.3) is 0 Å². The van der Waals surface area contributed by atoms with E-state index in [2.05, 4.69) is 39.2 Å². The van der Waals surface area contributed by atoms with Crippen molar-refractivity contribution in [3.8, 4) is 0 Å². The smallest absolute Gasteiger partial charge is 0.322 e. The predicted octanol–water partition coefficient (Wildman–Crippen LogP) is -4.45. The highest BCUT2D eigenvalue weighted by molar-refractivity contribution is 7.80. The maximum atomic E-state index is 13.0. The third kappa shape index (κ3) is 15.0. The maximum Gasteiger partial charge on any atom is 0.322 e. The molecule has 19 nitrogen and oxygen atoms in total. The molecule has 0 bridgehead atoms. The zero-order valence-corrected chi connectivity index (χ0v) is 27.0. The second-order valence-corrected chi connectivity index (χ2v) is 11.3. The van der Waals surface area contributed by atoms with Crippen molar-refractivity contribution < 1.29 is 53.4 Å². The van der Waals surface area contributed by atoms with Crippen LogP contribution in [-0.4, -0.2) is 112 Å². The first-order valence-electron chi connectivity index (χ1n) is 14.1. The number of carbonyl (C=O) groups is 9. The van der Waals surface area contributed by atoms with Gasteiger partial charge in [-0.2, -0.15) is 12.6 Å². The summed E-state index contributed by atoms with van der Waals surface area (Å²) in [5, 5.41) is 31.5. The Balaban J connectivity index is 5.52. The van der Waals surface area contributed by atoms with Crippen LogP contribution in [0.15, 0.2) is 0 Å². The van der Waals surface area contributed by atoms with E-state index in [1.54, 1.807) is 27.7 Å². The molecule has 0 saturated carbocycles. The first kappa shape index (κ1) is 41.5. The van der Waals surface area contributed by atoms with E-state index in [9.17, 15) is 43.2 Å². The molecule has 0 aliphatic carbocycles. The summed E-state index contributed by atoms with van der Waals surface area (Å²) in [6, 6.07) is -7.99. The summed E-state index contributed by atoms with van der Waals surface area (Å²) in [6.07, 6.45) is -1.33. The van der Waals surface area contributed by atoms with Crippen LogP contribution in [0.5, 0.6) is 0 Å². The summed E-state index contributed by atoms with van der Waals surface area (Å²) in [7, 11) is 0. The molecule has 0 aromatic heterocycles. The molecular formula is C26H44N8O11S. The summed E-state index contributed by atoms with van der Waals surface area (Å²) >= 11 is 4.08. The van der Waals surface area contributed by atoms with Gasteiger partial charge in [-0.25, -0.2) is 0 Å². The highest BCUT2D eigenvalue weighted by atomic mass is 32.1. The van der Waals surface area contributed by atoms with Gasteiger partial charge in [-0.15, -0.1) is 0 Å². The van der Waals surface area contributed by atoms with E-state index in [0.717, 1.165) is 0 Å². The molecule has 0 heterocycles. The molecule has 20 heteroatoms. The van der Waals surface area contributed by atoms with Gasteiger partial charge in [0.15, 0.2) is 0 Å². The minimum atomic E-state index is -1.54. The Kier molecular flexibility index (Phi) is 17.9. The lowest BCUT2D eigenvalue weighted by Crippen LogP contribution is -2.60. The Morgan fingerprint density at radius 3 is 1.52 bits per heavy atom. The van der Waals surface area contributed by atoms with Gasteiger partial charge in [-0.3, -0.25) is 43.2 Å².